The van der Waals surface area contributed by atoms with Crippen LogP contribution in [0.5, 0.6) is 0 Å². The summed E-state index contributed by atoms with van der Waals surface area (Å²) in [6, 6.07) is 0. The van der Waals surface area contributed by atoms with Crippen molar-refractivity contribution in [2.24, 2.45) is 0 Å². The Bertz CT molecular complexity index is 83.8. The van der Waals surface area contributed by atoms with Crippen LogP contribution in [0.2, 0.25) is 0 Å². The molecule has 0 aliphatic heterocycles. The quantitative estimate of drug-likeness (QED) is 0.594. The van der Waals surface area contributed by atoms with E-state index in [1.165, 1.54) is 4.99 Å². The van der Waals surface area contributed by atoms with Gasteiger partial charge in [0.05, 0.1) is 6.42 Å². The minimum atomic E-state index is -4.07. The van der Waals surface area contributed by atoms with E-state index in [4.69, 9.17) is 0 Å². The summed E-state index contributed by atoms with van der Waals surface area (Å²) in [5.41, 5.74) is 0. The summed E-state index contributed by atoms with van der Waals surface area (Å²) in [7, 11) is 0. The van der Waals surface area contributed by atoms with Crippen LogP contribution >= 0.6 is 15.9 Å². The molecule has 0 aromatic carbocycles. The molecule has 0 spiro atoms. The highest BCUT2D eigenvalue weighted by atomic mass is 79.9. The van der Waals surface area contributed by atoms with Gasteiger partial charge in [-0.15, -0.1) is 0 Å². The lowest BCUT2D eigenvalue weighted by Crippen LogP contribution is -2.03. The molecule has 0 aromatic rings. The summed E-state index contributed by atoms with van der Waals surface area (Å²) in [6.07, 6.45) is -3.93. The molecule has 0 radical (unpaired) electrons. The topological polar surface area (TPSA) is 0 Å². The Labute approximate surface area is 53.5 Å². The molecule has 48 valence electrons. The van der Waals surface area contributed by atoms with Gasteiger partial charge in [-0.1, -0.05) is 22.0 Å². The lowest BCUT2D eigenvalue weighted by atomic mass is 10.4. The normalized spacial score (nSPS) is 13.0. The molecule has 0 saturated carbocycles. The smallest absolute Gasteiger partial charge is 0.171 e. The number of hydrogen-bond acceptors (Lipinski definition) is 0. The second-order valence-electron chi connectivity index (χ2n) is 1.18. The maximum Gasteiger partial charge on any atom is 0.392 e. The van der Waals surface area contributed by atoms with Crippen LogP contribution in [0.15, 0.2) is 11.1 Å². The molecule has 0 nitrogen and oxygen atoms in total. The standard InChI is InChI=1S/C4H4BrF3/c5-3-1-2-4(6,7)8/h1,3H,2H2. The molecule has 0 N–H and O–H groups in total. The van der Waals surface area contributed by atoms with Crippen molar-refractivity contribution in [1.29, 1.82) is 0 Å². The van der Waals surface area contributed by atoms with Crippen molar-refractivity contribution in [3.05, 3.63) is 11.1 Å². The summed E-state index contributed by atoms with van der Waals surface area (Å²) in [4.78, 5) is 1.19. The van der Waals surface area contributed by atoms with Gasteiger partial charge in [-0.25, -0.2) is 0 Å². The Morgan fingerprint density at radius 1 is 1.38 bits per heavy atom. The van der Waals surface area contributed by atoms with Crippen molar-refractivity contribution in [2.45, 2.75) is 12.6 Å². The van der Waals surface area contributed by atoms with Gasteiger partial charge in [0.25, 0.3) is 0 Å². The molecule has 0 aromatic heterocycles. The fourth-order valence-corrected chi connectivity index (χ4v) is 0.365. The van der Waals surface area contributed by atoms with Gasteiger partial charge < -0.3 is 0 Å². The van der Waals surface area contributed by atoms with Crippen LogP contribution < -0.4 is 0 Å². The average Bonchev–Trinajstić information content (AvgIpc) is 1.59. The first kappa shape index (κ1) is 8.01. The van der Waals surface area contributed by atoms with Crippen LogP contribution in [-0.2, 0) is 0 Å². The highest BCUT2D eigenvalue weighted by Gasteiger charge is 2.24. The van der Waals surface area contributed by atoms with E-state index in [-0.39, 0.29) is 0 Å². The highest BCUT2D eigenvalue weighted by Crippen LogP contribution is 2.19. The molecule has 0 saturated heterocycles. The average molecular weight is 189 g/mol. The van der Waals surface area contributed by atoms with E-state index in [0.717, 1.165) is 6.08 Å². The predicted molar refractivity (Wildman–Crippen MR) is 28.7 cm³/mol. The van der Waals surface area contributed by atoms with Crippen LogP contribution in [0.1, 0.15) is 6.42 Å². The van der Waals surface area contributed by atoms with E-state index >= 15 is 0 Å². The zero-order valence-corrected chi connectivity index (χ0v) is 5.46. The number of halogens is 4. The largest absolute Gasteiger partial charge is 0.392 e. The van der Waals surface area contributed by atoms with Gasteiger partial charge >= 0.3 is 6.18 Å². The van der Waals surface area contributed by atoms with E-state index in [1.54, 1.807) is 0 Å². The summed E-state index contributed by atoms with van der Waals surface area (Å²) in [6.45, 7) is 0. The van der Waals surface area contributed by atoms with Crippen molar-refractivity contribution >= 4 is 15.9 Å². The van der Waals surface area contributed by atoms with E-state index in [0.29, 0.717) is 0 Å². The zero-order valence-electron chi connectivity index (χ0n) is 3.87. The first-order chi connectivity index (χ1) is 3.56. The van der Waals surface area contributed by atoms with Crippen molar-refractivity contribution in [2.75, 3.05) is 0 Å². The van der Waals surface area contributed by atoms with Gasteiger partial charge in [0.1, 0.15) is 0 Å². The maximum atomic E-state index is 11.2. The third kappa shape index (κ3) is 6.01. The monoisotopic (exact) mass is 188 g/mol. The van der Waals surface area contributed by atoms with Crippen molar-refractivity contribution < 1.29 is 13.2 Å². The molecule has 0 unspecified atom stereocenters. The number of rotatable bonds is 1. The third-order valence-corrected chi connectivity index (χ3v) is 0.812. The highest BCUT2D eigenvalue weighted by molar-refractivity contribution is 9.11. The minimum Gasteiger partial charge on any atom is -0.171 e. The fourth-order valence-electron chi connectivity index (χ4n) is 0.178. The second-order valence-corrected chi connectivity index (χ2v) is 1.71. The van der Waals surface area contributed by atoms with Gasteiger partial charge in [-0.05, 0) is 4.99 Å². The van der Waals surface area contributed by atoms with E-state index in [9.17, 15) is 13.2 Å². The molecular weight excluding hydrogens is 185 g/mol. The second kappa shape index (κ2) is 3.12. The van der Waals surface area contributed by atoms with Crippen LogP contribution in [0.3, 0.4) is 0 Å². The summed E-state index contributed by atoms with van der Waals surface area (Å²) < 4.78 is 33.5. The molecule has 8 heavy (non-hydrogen) atoms. The molecule has 0 heterocycles. The van der Waals surface area contributed by atoms with Gasteiger partial charge in [-0.3, -0.25) is 0 Å². The third-order valence-electron chi connectivity index (χ3n) is 0.438. The predicted octanol–water partition coefficient (Wildman–Crippen LogP) is 2.85. The van der Waals surface area contributed by atoms with Crippen LogP contribution in [0.4, 0.5) is 13.2 Å². The first-order valence-electron chi connectivity index (χ1n) is 1.88. The fraction of sp³-hybridized carbons (Fsp3) is 0.500. The molecule has 0 amide bonds. The summed E-state index contributed by atoms with van der Waals surface area (Å²) in [5.74, 6) is 0. The molecule has 4 heteroatoms. The van der Waals surface area contributed by atoms with Crippen LogP contribution in [0.25, 0.3) is 0 Å². The number of hydrogen-bond donors (Lipinski definition) is 0. The molecular formula is C4H4BrF3. The Morgan fingerprint density at radius 2 is 1.88 bits per heavy atom. The lowest BCUT2D eigenvalue weighted by Gasteiger charge is -1.98. The Hall–Kier alpha value is 0.01000. The van der Waals surface area contributed by atoms with Gasteiger partial charge in [0, 0.05) is 0 Å². The van der Waals surface area contributed by atoms with Gasteiger partial charge in [0.2, 0.25) is 0 Å². The first-order valence-corrected chi connectivity index (χ1v) is 2.80. The van der Waals surface area contributed by atoms with E-state index in [2.05, 4.69) is 15.9 Å². The maximum absolute atomic E-state index is 11.2. The van der Waals surface area contributed by atoms with Gasteiger partial charge in [-0.2, -0.15) is 13.2 Å². The summed E-state index contributed by atoms with van der Waals surface area (Å²) in [5, 5.41) is 0. The van der Waals surface area contributed by atoms with Crippen LogP contribution in [-0.4, -0.2) is 6.18 Å². The zero-order chi connectivity index (χ0) is 6.62. The van der Waals surface area contributed by atoms with Gasteiger partial charge in [0.15, 0.2) is 0 Å². The molecule has 0 fully saturated rings. The van der Waals surface area contributed by atoms with Crippen molar-refractivity contribution in [3.8, 4) is 0 Å². The van der Waals surface area contributed by atoms with Crippen molar-refractivity contribution in [1.82, 2.24) is 0 Å². The molecule has 0 aliphatic rings. The SMILES string of the molecule is FC(F)(F)CC=CBr. The van der Waals surface area contributed by atoms with Crippen LogP contribution in [0, 0.1) is 0 Å². The molecule has 0 aliphatic carbocycles. The Kier molecular flexibility index (Phi) is 3.12. The van der Waals surface area contributed by atoms with E-state index < -0.39 is 12.6 Å². The molecule has 0 atom stereocenters. The number of allylic oxidation sites excluding steroid dienone is 1. The number of alkyl halides is 3. The Balaban J connectivity index is 3.39. The Morgan fingerprint density at radius 3 is 2.00 bits per heavy atom. The van der Waals surface area contributed by atoms with Crippen molar-refractivity contribution in [3.63, 3.8) is 0 Å². The molecule has 0 bridgehead atoms. The minimum absolute atomic E-state index is 0.863. The molecule has 0 rings (SSSR count). The van der Waals surface area contributed by atoms with E-state index in [1.807, 2.05) is 0 Å². The lowest BCUT2D eigenvalue weighted by molar-refractivity contribution is -0.124. The summed E-state index contributed by atoms with van der Waals surface area (Å²) >= 11 is 2.72.